The lowest BCUT2D eigenvalue weighted by molar-refractivity contribution is 0.0707. The summed E-state index contributed by atoms with van der Waals surface area (Å²) in [4.78, 5) is 31.3. The van der Waals surface area contributed by atoms with Crippen molar-refractivity contribution in [2.24, 2.45) is 0 Å². The first-order valence-electron chi connectivity index (χ1n) is 11.5. The van der Waals surface area contributed by atoms with Gasteiger partial charge in [-0.15, -0.1) is 0 Å². The van der Waals surface area contributed by atoms with Gasteiger partial charge in [-0.05, 0) is 49.0 Å². The molecule has 1 aromatic heterocycles. The minimum absolute atomic E-state index is 0.0446. The fourth-order valence-electron chi connectivity index (χ4n) is 4.62. The van der Waals surface area contributed by atoms with Crippen LogP contribution in [0.15, 0.2) is 39.5 Å². The van der Waals surface area contributed by atoms with Gasteiger partial charge in [-0.3, -0.25) is 9.59 Å². The van der Waals surface area contributed by atoms with Crippen molar-refractivity contribution in [2.75, 3.05) is 47.5 Å². The molecule has 9 heteroatoms. The van der Waals surface area contributed by atoms with E-state index >= 15 is 0 Å². The number of amides is 1. The van der Waals surface area contributed by atoms with Gasteiger partial charge in [-0.25, -0.2) is 0 Å². The summed E-state index contributed by atoms with van der Waals surface area (Å²) in [6.45, 7) is 6.89. The third-order valence-corrected chi connectivity index (χ3v) is 6.72. The van der Waals surface area contributed by atoms with Crippen LogP contribution < -0.4 is 19.6 Å². The number of carbonyl (C=O) groups excluding carboxylic acids is 1. The van der Waals surface area contributed by atoms with Gasteiger partial charge < -0.3 is 28.4 Å². The van der Waals surface area contributed by atoms with Crippen LogP contribution in [-0.2, 0) is 0 Å². The van der Waals surface area contributed by atoms with E-state index in [-0.39, 0.29) is 22.7 Å². The molecule has 35 heavy (non-hydrogen) atoms. The van der Waals surface area contributed by atoms with Gasteiger partial charge in [0.05, 0.1) is 38.3 Å². The Morgan fingerprint density at radius 3 is 2.23 bits per heavy atom. The zero-order valence-corrected chi connectivity index (χ0v) is 21.3. The van der Waals surface area contributed by atoms with E-state index in [1.807, 2.05) is 0 Å². The number of hydrogen-bond donors (Lipinski definition) is 0. The van der Waals surface area contributed by atoms with Gasteiger partial charge in [0.1, 0.15) is 5.58 Å². The lowest BCUT2D eigenvalue weighted by Crippen LogP contribution is -2.37. The smallest absolute Gasteiger partial charge is 0.290 e. The highest BCUT2D eigenvalue weighted by Gasteiger charge is 2.43. The number of ether oxygens (including phenoxy) is 3. The molecule has 4 rings (SSSR count). The van der Waals surface area contributed by atoms with Gasteiger partial charge in [0, 0.05) is 18.1 Å². The second-order valence-corrected chi connectivity index (χ2v) is 8.64. The summed E-state index contributed by atoms with van der Waals surface area (Å²) in [5.74, 6) is 0.998. The molecular weight excluding hydrogens is 472 g/mol. The van der Waals surface area contributed by atoms with Crippen LogP contribution in [-0.4, -0.2) is 63.2 Å². The summed E-state index contributed by atoms with van der Waals surface area (Å²) < 4.78 is 22.6. The number of benzene rings is 2. The summed E-state index contributed by atoms with van der Waals surface area (Å²) >= 11 is 6.17. The maximum atomic E-state index is 13.7. The first kappa shape index (κ1) is 24.9. The summed E-state index contributed by atoms with van der Waals surface area (Å²) in [6, 6.07) is 7.65. The third kappa shape index (κ3) is 4.32. The van der Waals surface area contributed by atoms with E-state index in [1.165, 1.54) is 21.3 Å². The van der Waals surface area contributed by atoms with Gasteiger partial charge in [-0.2, -0.15) is 0 Å². The highest BCUT2D eigenvalue weighted by molar-refractivity contribution is 6.31. The molecule has 2 aromatic carbocycles. The van der Waals surface area contributed by atoms with Crippen molar-refractivity contribution in [3.05, 3.63) is 62.5 Å². The molecule has 0 saturated heterocycles. The van der Waals surface area contributed by atoms with Gasteiger partial charge in [0.2, 0.25) is 11.5 Å². The summed E-state index contributed by atoms with van der Waals surface area (Å²) in [7, 11) is 4.57. The molecule has 0 spiro atoms. The number of halogens is 1. The van der Waals surface area contributed by atoms with Gasteiger partial charge in [0.25, 0.3) is 5.91 Å². The second-order valence-electron chi connectivity index (χ2n) is 8.20. The Bertz CT molecular complexity index is 1290. The number of carbonyl (C=O) groups is 1. The Balaban J connectivity index is 1.95. The fourth-order valence-corrected chi connectivity index (χ4v) is 4.79. The van der Waals surface area contributed by atoms with Crippen molar-refractivity contribution in [2.45, 2.75) is 19.9 Å². The minimum Gasteiger partial charge on any atom is -0.493 e. The molecular formula is C26H29ClN2O6. The van der Waals surface area contributed by atoms with Crippen LogP contribution in [0.1, 0.15) is 41.6 Å². The average Bonchev–Trinajstić information content (AvgIpc) is 3.15. The first-order chi connectivity index (χ1) is 16.9. The van der Waals surface area contributed by atoms with Crippen LogP contribution in [0.2, 0.25) is 5.02 Å². The maximum absolute atomic E-state index is 13.7. The van der Waals surface area contributed by atoms with Crippen LogP contribution in [0.3, 0.4) is 0 Å². The Labute approximate surface area is 208 Å². The topological polar surface area (TPSA) is 81.5 Å². The van der Waals surface area contributed by atoms with E-state index < -0.39 is 6.04 Å². The first-order valence-corrected chi connectivity index (χ1v) is 11.9. The molecule has 1 atom stereocenters. The van der Waals surface area contributed by atoms with E-state index in [0.717, 1.165) is 13.1 Å². The van der Waals surface area contributed by atoms with E-state index in [4.69, 9.17) is 30.2 Å². The summed E-state index contributed by atoms with van der Waals surface area (Å²) in [6.07, 6.45) is 0. The molecule has 0 aliphatic carbocycles. The average molecular weight is 501 g/mol. The molecule has 186 valence electrons. The standard InChI is InChI=1S/C26H29ClN2O6/c1-6-28(7-2)10-11-29-22(15-12-19(32-3)24(34-5)20(13-15)33-4)21-23(30)17-14-16(27)8-9-18(17)35-25(21)26(29)31/h8-9,12-14,22H,6-7,10-11H2,1-5H3. The molecule has 3 aromatic rings. The van der Waals surface area contributed by atoms with E-state index in [2.05, 4.69) is 18.7 Å². The van der Waals surface area contributed by atoms with Crippen LogP contribution in [0.4, 0.5) is 0 Å². The Morgan fingerprint density at radius 2 is 1.66 bits per heavy atom. The molecule has 0 radical (unpaired) electrons. The predicted octanol–water partition coefficient (Wildman–Crippen LogP) is 4.36. The van der Waals surface area contributed by atoms with Crippen molar-refractivity contribution < 1.29 is 23.4 Å². The molecule has 0 N–H and O–H groups in total. The van der Waals surface area contributed by atoms with E-state index in [1.54, 1.807) is 35.2 Å². The number of rotatable bonds is 9. The quantitative estimate of drug-likeness (QED) is 0.431. The number of likely N-dealkylation sites (N-methyl/N-ethyl adjacent to an activating group) is 1. The summed E-state index contributed by atoms with van der Waals surface area (Å²) in [5, 5.41) is 0.740. The Kier molecular flexibility index (Phi) is 7.23. The number of fused-ring (bicyclic) bond motifs is 2. The summed E-state index contributed by atoms with van der Waals surface area (Å²) in [5.41, 5.74) is 0.959. The highest BCUT2D eigenvalue weighted by Crippen LogP contribution is 2.45. The lowest BCUT2D eigenvalue weighted by atomic mass is 9.97. The van der Waals surface area contributed by atoms with Gasteiger partial charge in [-0.1, -0.05) is 25.4 Å². The zero-order valence-electron chi connectivity index (χ0n) is 20.5. The molecule has 0 saturated carbocycles. The van der Waals surface area contributed by atoms with Crippen molar-refractivity contribution in [3.8, 4) is 17.2 Å². The van der Waals surface area contributed by atoms with Crippen LogP contribution >= 0.6 is 11.6 Å². The predicted molar refractivity (Wildman–Crippen MR) is 134 cm³/mol. The second kappa shape index (κ2) is 10.2. The molecule has 2 heterocycles. The normalized spacial score (nSPS) is 15.1. The van der Waals surface area contributed by atoms with Crippen LogP contribution in [0.5, 0.6) is 17.2 Å². The largest absolute Gasteiger partial charge is 0.493 e. The molecule has 1 aliphatic rings. The number of nitrogens with zero attached hydrogens (tertiary/aromatic N) is 2. The Morgan fingerprint density at radius 1 is 1.00 bits per heavy atom. The molecule has 1 unspecified atom stereocenters. The molecule has 0 bridgehead atoms. The van der Waals surface area contributed by atoms with Crippen molar-refractivity contribution in [3.63, 3.8) is 0 Å². The minimum atomic E-state index is -0.693. The van der Waals surface area contributed by atoms with Crippen LogP contribution in [0.25, 0.3) is 11.0 Å². The van der Waals surface area contributed by atoms with E-state index in [9.17, 15) is 9.59 Å². The molecule has 0 fully saturated rings. The number of hydrogen-bond acceptors (Lipinski definition) is 7. The number of methoxy groups -OCH3 is 3. The maximum Gasteiger partial charge on any atom is 0.290 e. The molecule has 8 nitrogen and oxygen atoms in total. The SMILES string of the molecule is CCN(CC)CCN1C(=O)c2oc3ccc(Cl)cc3c(=O)c2C1c1cc(OC)c(OC)c(OC)c1. The lowest BCUT2D eigenvalue weighted by Gasteiger charge is -2.28. The third-order valence-electron chi connectivity index (χ3n) is 6.48. The van der Waals surface area contributed by atoms with Crippen molar-refractivity contribution in [1.82, 2.24) is 9.80 Å². The van der Waals surface area contributed by atoms with Crippen LogP contribution in [0, 0.1) is 0 Å². The van der Waals surface area contributed by atoms with E-state index in [0.29, 0.717) is 51.9 Å². The van der Waals surface area contributed by atoms with Crippen molar-refractivity contribution in [1.29, 1.82) is 0 Å². The van der Waals surface area contributed by atoms with Gasteiger partial charge in [0.15, 0.2) is 16.9 Å². The molecule has 1 amide bonds. The van der Waals surface area contributed by atoms with Gasteiger partial charge >= 0.3 is 0 Å². The fraction of sp³-hybridized carbons (Fsp3) is 0.385. The molecule has 1 aliphatic heterocycles. The highest BCUT2D eigenvalue weighted by atomic mass is 35.5. The van der Waals surface area contributed by atoms with Crippen molar-refractivity contribution >= 4 is 28.5 Å². The Hall–Kier alpha value is -3.23. The zero-order chi connectivity index (χ0) is 25.3. The monoisotopic (exact) mass is 500 g/mol.